The van der Waals surface area contributed by atoms with Crippen LogP contribution in [0.15, 0.2) is 18.5 Å². The molecule has 10 heteroatoms. The van der Waals surface area contributed by atoms with Gasteiger partial charge in [-0.25, -0.2) is 9.97 Å². The molecule has 4 atom stereocenters. The number of nitrogens with two attached hydrogens (primary N) is 1. The van der Waals surface area contributed by atoms with Gasteiger partial charge in [0.25, 0.3) is 0 Å². The van der Waals surface area contributed by atoms with Gasteiger partial charge >= 0.3 is 6.36 Å². The second-order valence-corrected chi connectivity index (χ2v) is 10.1. The van der Waals surface area contributed by atoms with Crippen LogP contribution in [0.5, 0.6) is 5.75 Å². The van der Waals surface area contributed by atoms with Crippen molar-refractivity contribution in [1.29, 1.82) is 0 Å². The lowest BCUT2D eigenvalue weighted by atomic mass is 10.1. The van der Waals surface area contributed by atoms with E-state index in [-0.39, 0.29) is 5.82 Å². The third-order valence-electron chi connectivity index (χ3n) is 7.86. The summed E-state index contributed by atoms with van der Waals surface area (Å²) in [6, 6.07) is 2.43. The molecule has 3 saturated carbocycles. The number of hydrogen-bond donors (Lipinski definition) is 1. The molecule has 1 unspecified atom stereocenters. The summed E-state index contributed by atoms with van der Waals surface area (Å²) < 4.78 is 44.6. The fourth-order valence-corrected chi connectivity index (χ4v) is 5.91. The number of ether oxygens (including phenoxy) is 1. The summed E-state index contributed by atoms with van der Waals surface area (Å²) in [5, 5.41) is 0. The van der Waals surface area contributed by atoms with Crippen LogP contribution >= 0.6 is 0 Å². The van der Waals surface area contributed by atoms with Gasteiger partial charge in [0.05, 0.1) is 5.69 Å². The number of anilines is 1. The Morgan fingerprint density at radius 2 is 1.79 bits per heavy atom. The van der Waals surface area contributed by atoms with Crippen molar-refractivity contribution in [3.63, 3.8) is 0 Å². The molecule has 0 radical (unpaired) electrons. The molecule has 0 spiro atoms. The average Bonchev–Trinajstić information content (AvgIpc) is 3.63. The molecule has 4 fully saturated rings. The summed E-state index contributed by atoms with van der Waals surface area (Å²) in [6.07, 6.45) is 3.34. The van der Waals surface area contributed by atoms with Gasteiger partial charge in [-0.1, -0.05) is 0 Å². The highest BCUT2D eigenvalue weighted by atomic mass is 19.4. The van der Waals surface area contributed by atoms with Gasteiger partial charge in [0.1, 0.15) is 5.82 Å². The van der Waals surface area contributed by atoms with E-state index in [2.05, 4.69) is 31.1 Å². The Labute approximate surface area is 190 Å². The molecule has 2 aromatic heterocycles. The molecule has 3 heterocycles. The molecule has 6 rings (SSSR count). The largest absolute Gasteiger partial charge is 0.573 e. The lowest BCUT2D eigenvalue weighted by Gasteiger charge is -2.37. The summed E-state index contributed by atoms with van der Waals surface area (Å²) in [4.78, 5) is 13.8. The number of aromatic nitrogens is 3. The Kier molecular flexibility index (Phi) is 4.88. The van der Waals surface area contributed by atoms with Crippen LogP contribution in [-0.2, 0) is 0 Å². The van der Waals surface area contributed by atoms with E-state index >= 15 is 0 Å². The van der Waals surface area contributed by atoms with Crippen molar-refractivity contribution < 1.29 is 17.9 Å². The number of alkyl halides is 3. The molecule has 2 N–H and O–H groups in total. The lowest BCUT2D eigenvalue weighted by molar-refractivity contribution is -0.274. The van der Waals surface area contributed by atoms with Gasteiger partial charge in [0, 0.05) is 62.1 Å². The van der Waals surface area contributed by atoms with Crippen molar-refractivity contribution >= 4 is 5.82 Å². The van der Waals surface area contributed by atoms with E-state index in [1.54, 1.807) is 0 Å². The van der Waals surface area contributed by atoms with Gasteiger partial charge < -0.3 is 19.9 Å². The molecule has 4 aliphatic rings. The van der Waals surface area contributed by atoms with E-state index in [1.807, 2.05) is 6.20 Å². The molecule has 0 bridgehead atoms. The van der Waals surface area contributed by atoms with Crippen LogP contribution in [0.3, 0.4) is 0 Å². The molecule has 0 amide bonds. The SMILES string of the molecule is CN1CCN(C2C[C@@H]3[C@H](C2)[C@H]3n2cc(-c3cnc(N)c(OC(F)(F)F)c3)nc2C2CC2)CC1. The smallest absolute Gasteiger partial charge is 0.402 e. The maximum absolute atomic E-state index is 12.7. The number of likely N-dealkylation sites (N-methyl/N-ethyl adjacent to an activating group) is 1. The minimum absolute atomic E-state index is 0.287. The van der Waals surface area contributed by atoms with Crippen LogP contribution in [-0.4, -0.2) is 70.0 Å². The van der Waals surface area contributed by atoms with Gasteiger partial charge in [-0.15, -0.1) is 13.2 Å². The summed E-state index contributed by atoms with van der Waals surface area (Å²) in [5.74, 6) is 2.08. The molecule has 178 valence electrons. The molecule has 2 aromatic rings. The van der Waals surface area contributed by atoms with Crippen molar-refractivity contribution in [2.45, 2.75) is 50.0 Å². The van der Waals surface area contributed by atoms with Gasteiger partial charge in [0.15, 0.2) is 11.6 Å². The van der Waals surface area contributed by atoms with Crippen LogP contribution in [0.2, 0.25) is 0 Å². The summed E-state index contributed by atoms with van der Waals surface area (Å²) in [5.41, 5.74) is 6.73. The number of rotatable bonds is 5. The lowest BCUT2D eigenvalue weighted by Crippen LogP contribution is -2.48. The van der Waals surface area contributed by atoms with Crippen LogP contribution in [0.4, 0.5) is 19.0 Å². The highest BCUT2D eigenvalue weighted by molar-refractivity contribution is 5.64. The Morgan fingerprint density at radius 1 is 1.09 bits per heavy atom. The second kappa shape index (κ2) is 7.59. The predicted molar refractivity (Wildman–Crippen MR) is 117 cm³/mol. The van der Waals surface area contributed by atoms with E-state index in [0.717, 1.165) is 44.8 Å². The Morgan fingerprint density at radius 3 is 2.42 bits per heavy atom. The first-order chi connectivity index (χ1) is 15.8. The number of pyridine rings is 1. The third-order valence-corrected chi connectivity index (χ3v) is 7.86. The number of imidazole rings is 1. The minimum Gasteiger partial charge on any atom is -0.402 e. The first kappa shape index (κ1) is 21.2. The molecular weight excluding hydrogens is 433 g/mol. The molecule has 0 aromatic carbocycles. The van der Waals surface area contributed by atoms with Crippen LogP contribution < -0.4 is 10.5 Å². The summed E-state index contributed by atoms with van der Waals surface area (Å²) in [7, 11) is 2.18. The van der Waals surface area contributed by atoms with Crippen molar-refractivity contribution in [2.75, 3.05) is 39.0 Å². The number of halogens is 3. The fourth-order valence-electron chi connectivity index (χ4n) is 5.91. The molecular formula is C23H29F3N6O. The first-order valence-corrected chi connectivity index (χ1v) is 11.8. The predicted octanol–water partition coefficient (Wildman–Crippen LogP) is 3.50. The number of nitrogen functional groups attached to an aromatic ring is 1. The van der Waals surface area contributed by atoms with E-state index in [4.69, 9.17) is 10.7 Å². The van der Waals surface area contributed by atoms with E-state index < -0.39 is 12.1 Å². The minimum atomic E-state index is -4.82. The standard InChI is InChI=1S/C23H29F3N6O/c1-30-4-6-31(7-5-30)15-9-16-17(10-15)20(16)32-12-18(29-22(32)13-2-3-13)14-8-19(21(27)28-11-14)33-23(24,25)26/h8,11-13,15-17,20H,2-7,9-10H2,1H3,(H2,27,28)/t15?,16-,17+,20+. The molecule has 3 aliphatic carbocycles. The van der Waals surface area contributed by atoms with E-state index in [0.29, 0.717) is 41.1 Å². The maximum Gasteiger partial charge on any atom is 0.573 e. The average molecular weight is 463 g/mol. The zero-order chi connectivity index (χ0) is 22.9. The van der Waals surface area contributed by atoms with Crippen LogP contribution in [0.1, 0.15) is 43.5 Å². The Balaban J connectivity index is 1.21. The topological polar surface area (TPSA) is 72.4 Å². The highest BCUT2D eigenvalue weighted by Crippen LogP contribution is 2.62. The zero-order valence-corrected chi connectivity index (χ0v) is 18.6. The summed E-state index contributed by atoms with van der Waals surface area (Å²) >= 11 is 0. The summed E-state index contributed by atoms with van der Waals surface area (Å²) in [6.45, 7) is 4.59. The van der Waals surface area contributed by atoms with Crippen molar-refractivity contribution in [2.24, 2.45) is 11.8 Å². The quantitative estimate of drug-likeness (QED) is 0.734. The first-order valence-electron chi connectivity index (χ1n) is 11.8. The maximum atomic E-state index is 12.7. The van der Waals surface area contributed by atoms with Crippen molar-refractivity contribution in [3.05, 3.63) is 24.3 Å². The van der Waals surface area contributed by atoms with Crippen molar-refractivity contribution in [1.82, 2.24) is 24.3 Å². The van der Waals surface area contributed by atoms with Crippen LogP contribution in [0, 0.1) is 11.8 Å². The molecule has 7 nitrogen and oxygen atoms in total. The normalized spacial score (nSPS) is 30.4. The van der Waals surface area contributed by atoms with Gasteiger partial charge in [-0.05, 0) is 50.6 Å². The molecule has 1 saturated heterocycles. The third kappa shape index (κ3) is 4.07. The molecule has 33 heavy (non-hydrogen) atoms. The Bertz CT molecular complexity index is 1030. The van der Waals surface area contributed by atoms with Gasteiger partial charge in [-0.2, -0.15) is 0 Å². The monoisotopic (exact) mass is 462 g/mol. The van der Waals surface area contributed by atoms with E-state index in [9.17, 15) is 13.2 Å². The number of nitrogens with zero attached hydrogens (tertiary/aromatic N) is 5. The van der Waals surface area contributed by atoms with Gasteiger partial charge in [-0.3, -0.25) is 4.90 Å². The highest BCUT2D eigenvalue weighted by Gasteiger charge is 2.59. The zero-order valence-electron chi connectivity index (χ0n) is 18.6. The van der Waals surface area contributed by atoms with E-state index in [1.165, 1.54) is 25.1 Å². The molecule has 1 aliphatic heterocycles. The number of fused-ring (bicyclic) bond motifs is 1. The number of hydrogen-bond acceptors (Lipinski definition) is 6. The van der Waals surface area contributed by atoms with Gasteiger partial charge in [0.2, 0.25) is 0 Å². The second-order valence-electron chi connectivity index (χ2n) is 10.1. The number of piperazine rings is 1. The fraction of sp³-hybridized carbons (Fsp3) is 0.652. The van der Waals surface area contributed by atoms with Crippen LogP contribution in [0.25, 0.3) is 11.3 Å². The Hall–Kier alpha value is -2.33. The van der Waals surface area contributed by atoms with Crippen molar-refractivity contribution in [3.8, 4) is 17.0 Å².